The fraction of sp³-hybridized carbons (Fsp3) is 0.714. The van der Waals surface area contributed by atoms with Crippen molar-refractivity contribution in [3.8, 4) is 0 Å². The third-order valence-corrected chi connectivity index (χ3v) is 3.63. The Bertz CT molecular complexity index is 416. The van der Waals surface area contributed by atoms with Gasteiger partial charge in [0.25, 0.3) is 0 Å². The van der Waals surface area contributed by atoms with E-state index in [1.165, 1.54) is 25.9 Å². The summed E-state index contributed by atoms with van der Waals surface area (Å²) in [4.78, 5) is 13.2. The second-order valence-corrected chi connectivity index (χ2v) is 5.37. The molecule has 112 valence electrons. The first-order chi connectivity index (χ1) is 9.69. The van der Waals surface area contributed by atoms with Crippen molar-refractivity contribution in [1.29, 1.82) is 0 Å². The van der Waals surface area contributed by atoms with E-state index in [0.29, 0.717) is 5.95 Å². The Kier molecular flexibility index (Phi) is 5.40. The number of aromatic nitrogens is 2. The molecular formula is C14H26N6. The summed E-state index contributed by atoms with van der Waals surface area (Å²) >= 11 is 0. The van der Waals surface area contributed by atoms with Crippen molar-refractivity contribution in [3.63, 3.8) is 0 Å². The lowest BCUT2D eigenvalue weighted by Gasteiger charge is -2.22. The molecule has 1 saturated heterocycles. The van der Waals surface area contributed by atoms with Gasteiger partial charge in [0.2, 0.25) is 5.95 Å². The predicted octanol–water partition coefficient (Wildman–Crippen LogP) is 1.41. The first kappa shape index (κ1) is 14.8. The number of nitrogen functional groups attached to an aromatic ring is 1. The highest BCUT2D eigenvalue weighted by Crippen LogP contribution is 2.16. The molecule has 1 aromatic heterocycles. The van der Waals surface area contributed by atoms with E-state index in [-0.39, 0.29) is 0 Å². The number of likely N-dealkylation sites (tertiary alicyclic amines) is 1. The number of likely N-dealkylation sites (N-methyl/N-ethyl adjacent to an activating group) is 1. The fourth-order valence-corrected chi connectivity index (χ4v) is 2.40. The molecule has 0 bridgehead atoms. The summed E-state index contributed by atoms with van der Waals surface area (Å²) in [6.45, 7) is 7.52. The molecule has 0 radical (unpaired) electrons. The quantitative estimate of drug-likeness (QED) is 0.786. The summed E-state index contributed by atoms with van der Waals surface area (Å²) < 4.78 is 0. The summed E-state index contributed by atoms with van der Waals surface area (Å²) in [5.41, 5.74) is 5.79. The molecule has 1 fully saturated rings. The predicted molar refractivity (Wildman–Crippen MR) is 84.2 cm³/mol. The highest BCUT2D eigenvalue weighted by molar-refractivity contribution is 5.52. The molecular weight excluding hydrogens is 252 g/mol. The zero-order chi connectivity index (χ0) is 14.4. The van der Waals surface area contributed by atoms with Crippen LogP contribution in [0.5, 0.6) is 0 Å². The maximum absolute atomic E-state index is 5.79. The Balaban J connectivity index is 1.93. The third-order valence-electron chi connectivity index (χ3n) is 3.63. The average molecular weight is 278 g/mol. The highest BCUT2D eigenvalue weighted by Gasteiger charge is 2.13. The van der Waals surface area contributed by atoms with Gasteiger partial charge in [-0.15, -0.1) is 0 Å². The molecule has 0 aromatic carbocycles. The topological polar surface area (TPSA) is 70.3 Å². The van der Waals surface area contributed by atoms with Gasteiger partial charge in [0.1, 0.15) is 11.6 Å². The van der Waals surface area contributed by atoms with Crippen LogP contribution in [0.4, 0.5) is 17.6 Å². The van der Waals surface area contributed by atoms with Crippen LogP contribution >= 0.6 is 0 Å². The number of hydrogen-bond acceptors (Lipinski definition) is 6. The van der Waals surface area contributed by atoms with Crippen LogP contribution in [-0.4, -0.2) is 54.6 Å². The molecule has 3 N–H and O–H groups in total. The van der Waals surface area contributed by atoms with Gasteiger partial charge in [-0.1, -0.05) is 6.92 Å². The highest BCUT2D eigenvalue weighted by atomic mass is 15.2. The van der Waals surface area contributed by atoms with E-state index in [1.54, 1.807) is 0 Å². The Morgan fingerprint density at radius 1 is 1.35 bits per heavy atom. The number of hydrogen-bond donors (Lipinski definition) is 2. The monoisotopic (exact) mass is 278 g/mol. The molecule has 0 saturated carbocycles. The first-order valence-corrected chi connectivity index (χ1v) is 7.51. The van der Waals surface area contributed by atoms with Crippen molar-refractivity contribution in [3.05, 3.63) is 6.07 Å². The smallest absolute Gasteiger partial charge is 0.223 e. The normalized spacial score (nSPS) is 15.5. The van der Waals surface area contributed by atoms with Gasteiger partial charge in [-0.2, -0.15) is 9.97 Å². The maximum Gasteiger partial charge on any atom is 0.223 e. The average Bonchev–Trinajstić information content (AvgIpc) is 2.95. The van der Waals surface area contributed by atoms with Crippen LogP contribution in [0.2, 0.25) is 0 Å². The molecule has 2 rings (SSSR count). The molecule has 1 aliphatic heterocycles. The van der Waals surface area contributed by atoms with Gasteiger partial charge in [-0.25, -0.2) is 0 Å². The van der Waals surface area contributed by atoms with Crippen molar-refractivity contribution in [2.75, 3.05) is 55.7 Å². The second kappa shape index (κ2) is 7.28. The number of rotatable bonds is 7. The minimum absolute atomic E-state index is 0.328. The van der Waals surface area contributed by atoms with Crippen molar-refractivity contribution < 1.29 is 0 Å². The van der Waals surface area contributed by atoms with Crippen molar-refractivity contribution in [1.82, 2.24) is 14.9 Å². The first-order valence-electron chi connectivity index (χ1n) is 7.51. The van der Waals surface area contributed by atoms with E-state index in [0.717, 1.165) is 37.7 Å². The molecule has 0 amide bonds. The van der Waals surface area contributed by atoms with Gasteiger partial charge in [-0.3, -0.25) is 0 Å². The zero-order valence-corrected chi connectivity index (χ0v) is 12.6. The van der Waals surface area contributed by atoms with Gasteiger partial charge in [0, 0.05) is 32.7 Å². The number of anilines is 3. The second-order valence-electron chi connectivity index (χ2n) is 5.37. The Morgan fingerprint density at radius 2 is 2.10 bits per heavy atom. The molecule has 2 heterocycles. The Labute approximate surface area is 121 Å². The van der Waals surface area contributed by atoms with Gasteiger partial charge < -0.3 is 20.9 Å². The van der Waals surface area contributed by atoms with Crippen molar-refractivity contribution in [2.45, 2.75) is 26.2 Å². The number of nitrogens with two attached hydrogens (primary N) is 1. The minimum atomic E-state index is 0.328. The summed E-state index contributed by atoms with van der Waals surface area (Å²) in [7, 11) is 2.06. The van der Waals surface area contributed by atoms with E-state index in [9.17, 15) is 0 Å². The number of nitrogens with zero attached hydrogens (tertiary/aromatic N) is 4. The minimum Gasteiger partial charge on any atom is -0.370 e. The maximum atomic E-state index is 5.79. The van der Waals surface area contributed by atoms with Crippen LogP contribution in [0.15, 0.2) is 6.07 Å². The summed E-state index contributed by atoms with van der Waals surface area (Å²) in [6.07, 6.45) is 3.72. The van der Waals surface area contributed by atoms with Crippen LogP contribution in [-0.2, 0) is 0 Å². The van der Waals surface area contributed by atoms with Gasteiger partial charge in [-0.05, 0) is 32.4 Å². The third kappa shape index (κ3) is 4.23. The van der Waals surface area contributed by atoms with Crippen LogP contribution < -0.4 is 16.0 Å². The van der Waals surface area contributed by atoms with Crippen LogP contribution in [0.3, 0.4) is 0 Å². The molecule has 0 spiro atoms. The lowest BCUT2D eigenvalue weighted by molar-refractivity contribution is 0.346. The Hall–Kier alpha value is -1.56. The number of nitrogens with one attached hydrogen (secondary N) is 1. The fourth-order valence-electron chi connectivity index (χ4n) is 2.40. The molecule has 20 heavy (non-hydrogen) atoms. The molecule has 0 atom stereocenters. The van der Waals surface area contributed by atoms with Gasteiger partial charge in [0.05, 0.1) is 0 Å². The molecule has 6 heteroatoms. The molecule has 1 aliphatic rings. The van der Waals surface area contributed by atoms with Gasteiger partial charge in [0.15, 0.2) is 0 Å². The van der Waals surface area contributed by atoms with E-state index in [2.05, 4.69) is 39.1 Å². The molecule has 6 nitrogen and oxygen atoms in total. The lowest BCUT2D eigenvalue weighted by atomic mass is 10.4. The van der Waals surface area contributed by atoms with Crippen LogP contribution in [0.1, 0.15) is 26.2 Å². The van der Waals surface area contributed by atoms with Gasteiger partial charge >= 0.3 is 0 Å². The molecule has 1 aromatic rings. The van der Waals surface area contributed by atoms with Crippen molar-refractivity contribution in [2.24, 2.45) is 0 Å². The van der Waals surface area contributed by atoms with E-state index in [1.807, 2.05) is 6.07 Å². The lowest BCUT2D eigenvalue weighted by Crippen LogP contribution is -2.32. The summed E-state index contributed by atoms with van der Waals surface area (Å²) in [5, 5.41) is 3.26. The van der Waals surface area contributed by atoms with E-state index in [4.69, 9.17) is 5.73 Å². The largest absolute Gasteiger partial charge is 0.370 e. The standard InChI is InChI=1S/C14H26N6/c1-3-6-16-12-11-13(18-14(15)17-12)19(2)9-10-20-7-4-5-8-20/h11H,3-10H2,1-2H3,(H3,15,16,17,18). The van der Waals surface area contributed by atoms with E-state index < -0.39 is 0 Å². The molecule has 0 aliphatic carbocycles. The Morgan fingerprint density at radius 3 is 2.80 bits per heavy atom. The summed E-state index contributed by atoms with van der Waals surface area (Å²) in [5.74, 6) is 2.02. The zero-order valence-electron chi connectivity index (χ0n) is 12.6. The van der Waals surface area contributed by atoms with Crippen LogP contribution in [0, 0.1) is 0 Å². The van der Waals surface area contributed by atoms with Crippen molar-refractivity contribution >= 4 is 17.6 Å². The van der Waals surface area contributed by atoms with E-state index >= 15 is 0 Å². The van der Waals surface area contributed by atoms with Crippen LogP contribution in [0.25, 0.3) is 0 Å². The molecule has 0 unspecified atom stereocenters. The summed E-state index contributed by atoms with van der Waals surface area (Å²) in [6, 6.07) is 1.97. The SMILES string of the molecule is CCCNc1cc(N(C)CCN2CCCC2)nc(N)n1.